The minimum atomic E-state index is 0.538. The van der Waals surface area contributed by atoms with Crippen LogP contribution in [0.1, 0.15) is 29.7 Å². The van der Waals surface area contributed by atoms with Crippen LogP contribution in [-0.2, 0) is 19.4 Å². The fraction of sp³-hybridized carbons (Fsp3) is 0.312. The molecule has 0 radical (unpaired) electrons. The molecule has 1 aliphatic rings. The van der Waals surface area contributed by atoms with Crippen molar-refractivity contribution in [3.05, 3.63) is 52.2 Å². The maximum atomic E-state index is 5.92. The molecule has 0 saturated heterocycles. The van der Waals surface area contributed by atoms with Crippen LogP contribution < -0.4 is 5.73 Å². The lowest BCUT2D eigenvalue weighted by atomic mass is 9.95. The second kappa shape index (κ2) is 6.17. The van der Waals surface area contributed by atoms with Crippen LogP contribution in [0.3, 0.4) is 0 Å². The van der Waals surface area contributed by atoms with Crippen LogP contribution >= 0.6 is 23.4 Å². The lowest BCUT2D eigenvalue weighted by molar-refractivity contribution is 0.656. The van der Waals surface area contributed by atoms with E-state index in [0.717, 1.165) is 33.3 Å². The first-order valence-electron chi connectivity index (χ1n) is 6.91. The van der Waals surface area contributed by atoms with Crippen LogP contribution in [0, 0.1) is 0 Å². The van der Waals surface area contributed by atoms with Gasteiger partial charge in [-0.3, -0.25) is 0 Å². The Bertz CT molecular complexity index is 611. The van der Waals surface area contributed by atoms with Crippen LogP contribution in [0.5, 0.6) is 0 Å². The highest BCUT2D eigenvalue weighted by Gasteiger charge is 2.15. The molecule has 0 fully saturated rings. The second-order valence-electron chi connectivity index (χ2n) is 5.03. The Morgan fingerprint density at radius 2 is 1.90 bits per heavy atom. The number of aryl methyl sites for hydroxylation is 2. The molecule has 0 bridgehead atoms. The minimum Gasteiger partial charge on any atom is -0.326 e. The predicted molar refractivity (Wildman–Crippen MR) is 84.3 cm³/mol. The van der Waals surface area contributed by atoms with Gasteiger partial charge in [0.2, 0.25) is 0 Å². The molecule has 0 spiro atoms. The van der Waals surface area contributed by atoms with Gasteiger partial charge in [-0.15, -0.1) is 0 Å². The quantitative estimate of drug-likeness (QED) is 0.922. The van der Waals surface area contributed by atoms with E-state index in [1.165, 1.54) is 24.1 Å². The highest BCUT2D eigenvalue weighted by atomic mass is 35.5. The molecule has 1 aromatic carbocycles. The van der Waals surface area contributed by atoms with Crippen LogP contribution in [0.4, 0.5) is 0 Å². The van der Waals surface area contributed by atoms with Gasteiger partial charge in [0.1, 0.15) is 5.03 Å². The summed E-state index contributed by atoms with van der Waals surface area (Å²) in [6.07, 6.45) is 4.74. The van der Waals surface area contributed by atoms with Crippen molar-refractivity contribution in [3.63, 3.8) is 0 Å². The summed E-state index contributed by atoms with van der Waals surface area (Å²) in [4.78, 5) is 6.00. The molecular formula is C16H17ClN2S. The van der Waals surface area contributed by atoms with E-state index in [0.29, 0.717) is 6.54 Å². The molecule has 0 saturated carbocycles. The lowest BCUT2D eigenvalue weighted by Crippen LogP contribution is -2.10. The number of benzene rings is 1. The Kier molecular flexibility index (Phi) is 4.29. The summed E-state index contributed by atoms with van der Waals surface area (Å²) in [6.45, 7) is 0.538. The Hall–Kier alpha value is -1.03. The highest BCUT2D eigenvalue weighted by Crippen LogP contribution is 2.32. The number of hydrogen-bond donors (Lipinski definition) is 1. The zero-order chi connectivity index (χ0) is 13.9. The SMILES string of the molecule is NCc1cc2c(nc1Sc1ccc(Cl)cc1)CCCC2. The summed E-state index contributed by atoms with van der Waals surface area (Å²) >= 11 is 7.59. The van der Waals surface area contributed by atoms with Gasteiger partial charge >= 0.3 is 0 Å². The third kappa shape index (κ3) is 3.00. The van der Waals surface area contributed by atoms with Gasteiger partial charge in [-0.25, -0.2) is 4.98 Å². The van der Waals surface area contributed by atoms with Gasteiger partial charge in [-0.1, -0.05) is 29.4 Å². The molecular weight excluding hydrogens is 288 g/mol. The number of nitrogens with two attached hydrogens (primary N) is 1. The topological polar surface area (TPSA) is 38.9 Å². The van der Waals surface area contributed by atoms with E-state index in [2.05, 4.69) is 6.07 Å². The molecule has 2 nitrogen and oxygen atoms in total. The van der Waals surface area contributed by atoms with Crippen LogP contribution in [0.15, 0.2) is 40.3 Å². The zero-order valence-electron chi connectivity index (χ0n) is 11.2. The summed E-state index contributed by atoms with van der Waals surface area (Å²) in [5.74, 6) is 0. The Balaban J connectivity index is 1.93. The molecule has 0 atom stereocenters. The van der Waals surface area contributed by atoms with Crippen molar-refractivity contribution in [1.29, 1.82) is 0 Å². The average Bonchev–Trinajstić information content (AvgIpc) is 2.49. The number of nitrogens with zero attached hydrogens (tertiary/aromatic N) is 1. The van der Waals surface area contributed by atoms with Gasteiger partial charge in [-0.05, 0) is 61.1 Å². The van der Waals surface area contributed by atoms with Crippen molar-refractivity contribution in [3.8, 4) is 0 Å². The van der Waals surface area contributed by atoms with Gasteiger partial charge in [0.05, 0.1) is 0 Å². The van der Waals surface area contributed by atoms with Gasteiger partial charge < -0.3 is 5.73 Å². The molecule has 20 heavy (non-hydrogen) atoms. The minimum absolute atomic E-state index is 0.538. The van der Waals surface area contributed by atoms with Crippen LogP contribution in [-0.4, -0.2) is 4.98 Å². The smallest absolute Gasteiger partial charge is 0.106 e. The molecule has 2 aromatic rings. The van der Waals surface area contributed by atoms with Crippen LogP contribution in [0.25, 0.3) is 0 Å². The highest BCUT2D eigenvalue weighted by molar-refractivity contribution is 7.99. The van der Waals surface area contributed by atoms with Crippen LogP contribution in [0.2, 0.25) is 5.02 Å². The lowest BCUT2D eigenvalue weighted by Gasteiger charge is -2.18. The van der Waals surface area contributed by atoms with Crippen molar-refractivity contribution >= 4 is 23.4 Å². The fourth-order valence-electron chi connectivity index (χ4n) is 2.51. The van der Waals surface area contributed by atoms with Gasteiger partial charge in [0.15, 0.2) is 0 Å². The molecule has 2 N–H and O–H groups in total. The summed E-state index contributed by atoms with van der Waals surface area (Å²) in [7, 11) is 0. The van der Waals surface area contributed by atoms with Gasteiger partial charge in [0.25, 0.3) is 0 Å². The molecule has 1 aromatic heterocycles. The van der Waals surface area contributed by atoms with E-state index >= 15 is 0 Å². The Morgan fingerprint density at radius 1 is 1.15 bits per heavy atom. The molecule has 0 unspecified atom stereocenters. The number of rotatable bonds is 3. The number of aromatic nitrogens is 1. The largest absolute Gasteiger partial charge is 0.326 e. The summed E-state index contributed by atoms with van der Waals surface area (Å²) < 4.78 is 0. The van der Waals surface area contributed by atoms with E-state index in [4.69, 9.17) is 22.3 Å². The van der Waals surface area contributed by atoms with E-state index in [1.807, 2.05) is 24.3 Å². The van der Waals surface area contributed by atoms with Crippen molar-refractivity contribution < 1.29 is 0 Å². The molecule has 104 valence electrons. The number of fused-ring (bicyclic) bond motifs is 1. The fourth-order valence-corrected chi connectivity index (χ4v) is 3.56. The van der Waals surface area contributed by atoms with Crippen molar-refractivity contribution in [2.75, 3.05) is 0 Å². The summed E-state index contributed by atoms with van der Waals surface area (Å²) in [6, 6.07) is 10.1. The van der Waals surface area contributed by atoms with Crippen molar-refractivity contribution in [1.82, 2.24) is 4.98 Å². The molecule has 1 aliphatic carbocycles. The molecule has 4 heteroatoms. The third-order valence-electron chi connectivity index (χ3n) is 3.59. The first kappa shape index (κ1) is 13.9. The average molecular weight is 305 g/mol. The monoisotopic (exact) mass is 304 g/mol. The van der Waals surface area contributed by atoms with E-state index in [9.17, 15) is 0 Å². The Labute approximate surface area is 128 Å². The second-order valence-corrected chi connectivity index (χ2v) is 6.52. The first-order valence-corrected chi connectivity index (χ1v) is 8.11. The standard InChI is InChI=1S/C16H17ClN2S/c17-13-5-7-14(8-6-13)20-16-12(10-18)9-11-3-1-2-4-15(11)19-16/h5-9H,1-4,10,18H2. The van der Waals surface area contributed by atoms with Crippen molar-refractivity contribution in [2.24, 2.45) is 5.73 Å². The van der Waals surface area contributed by atoms with E-state index in [1.54, 1.807) is 11.8 Å². The first-order chi connectivity index (χ1) is 9.76. The van der Waals surface area contributed by atoms with E-state index in [-0.39, 0.29) is 0 Å². The third-order valence-corrected chi connectivity index (χ3v) is 4.89. The zero-order valence-corrected chi connectivity index (χ0v) is 12.8. The predicted octanol–water partition coefficient (Wildman–Crippen LogP) is 4.22. The summed E-state index contributed by atoms with van der Waals surface area (Å²) in [5, 5.41) is 1.79. The number of pyridine rings is 1. The molecule has 1 heterocycles. The number of hydrogen-bond acceptors (Lipinski definition) is 3. The molecule has 3 rings (SSSR count). The van der Waals surface area contributed by atoms with Crippen molar-refractivity contribution in [2.45, 2.75) is 42.1 Å². The Morgan fingerprint density at radius 3 is 2.65 bits per heavy atom. The maximum Gasteiger partial charge on any atom is 0.106 e. The normalized spacial score (nSPS) is 14.1. The molecule has 0 amide bonds. The molecule has 0 aliphatic heterocycles. The van der Waals surface area contributed by atoms with E-state index < -0.39 is 0 Å². The maximum absolute atomic E-state index is 5.92. The number of halogens is 1. The summed E-state index contributed by atoms with van der Waals surface area (Å²) in [5.41, 5.74) is 9.67. The van der Waals surface area contributed by atoms with Gasteiger partial charge in [-0.2, -0.15) is 0 Å². The van der Waals surface area contributed by atoms with Gasteiger partial charge in [0, 0.05) is 22.2 Å².